The number of rotatable bonds is 3. The molecular formula is C18H24O. The molecule has 2 atom stereocenters. The van der Waals surface area contributed by atoms with Crippen LogP contribution in [0, 0.1) is 11.8 Å². The third-order valence-electron chi connectivity index (χ3n) is 4.59. The average Bonchev–Trinajstić information content (AvgIpc) is 2.49. The molecule has 3 aliphatic carbocycles. The summed E-state index contributed by atoms with van der Waals surface area (Å²) in [6.07, 6.45) is 19.3. The van der Waals surface area contributed by atoms with Crippen LogP contribution in [0.5, 0.6) is 0 Å². The highest BCUT2D eigenvalue weighted by molar-refractivity contribution is 5.46. The minimum absolute atomic E-state index is 0.723. The lowest BCUT2D eigenvalue weighted by atomic mass is 9.72. The standard InChI is InChI=1S/C18H24O/c1-2-19-18-13-12-15(14-8-4-3-5-9-14)16-10-6-7-11-17(16)18/h4,7-8,11,13-15H,2-3,5-6,9-10,12H2,1H3. The largest absolute Gasteiger partial charge is 0.494 e. The fraction of sp³-hybridized carbons (Fsp3) is 0.556. The number of ether oxygens (including phenoxy) is 1. The molecular weight excluding hydrogens is 232 g/mol. The summed E-state index contributed by atoms with van der Waals surface area (Å²) in [6, 6.07) is 0. The van der Waals surface area contributed by atoms with Crippen LogP contribution in [0.4, 0.5) is 0 Å². The highest BCUT2D eigenvalue weighted by atomic mass is 16.5. The Morgan fingerprint density at radius 3 is 3.00 bits per heavy atom. The molecule has 0 spiro atoms. The van der Waals surface area contributed by atoms with E-state index >= 15 is 0 Å². The lowest BCUT2D eigenvalue weighted by molar-refractivity contribution is 0.230. The molecule has 19 heavy (non-hydrogen) atoms. The van der Waals surface area contributed by atoms with Gasteiger partial charge in [0, 0.05) is 5.57 Å². The zero-order valence-electron chi connectivity index (χ0n) is 11.9. The Kier molecular flexibility index (Phi) is 3.91. The predicted molar refractivity (Wildman–Crippen MR) is 79.7 cm³/mol. The van der Waals surface area contributed by atoms with Gasteiger partial charge in [0.25, 0.3) is 0 Å². The van der Waals surface area contributed by atoms with Crippen molar-refractivity contribution in [1.82, 2.24) is 0 Å². The van der Waals surface area contributed by atoms with Gasteiger partial charge in [-0.1, -0.05) is 29.9 Å². The van der Waals surface area contributed by atoms with E-state index in [1.807, 2.05) is 0 Å². The van der Waals surface area contributed by atoms with Crippen molar-refractivity contribution in [3.05, 3.63) is 47.3 Å². The minimum atomic E-state index is 0.723. The summed E-state index contributed by atoms with van der Waals surface area (Å²) >= 11 is 0. The van der Waals surface area contributed by atoms with E-state index in [0.717, 1.165) is 30.6 Å². The van der Waals surface area contributed by atoms with Gasteiger partial charge < -0.3 is 4.74 Å². The molecule has 0 fully saturated rings. The monoisotopic (exact) mass is 256 g/mol. The van der Waals surface area contributed by atoms with Gasteiger partial charge >= 0.3 is 0 Å². The van der Waals surface area contributed by atoms with Crippen LogP contribution in [-0.4, -0.2) is 6.61 Å². The van der Waals surface area contributed by atoms with Crippen LogP contribution in [0.1, 0.15) is 45.4 Å². The van der Waals surface area contributed by atoms with E-state index in [9.17, 15) is 0 Å². The fourth-order valence-electron chi connectivity index (χ4n) is 3.69. The predicted octanol–water partition coefficient (Wildman–Crippen LogP) is 4.93. The Hall–Kier alpha value is -1.24. The molecule has 0 N–H and O–H groups in total. The van der Waals surface area contributed by atoms with E-state index in [1.54, 1.807) is 5.57 Å². The highest BCUT2D eigenvalue weighted by Gasteiger charge is 2.30. The second-order valence-electron chi connectivity index (χ2n) is 5.75. The van der Waals surface area contributed by atoms with Crippen LogP contribution in [0.25, 0.3) is 0 Å². The first-order chi connectivity index (χ1) is 9.40. The first-order valence-corrected chi connectivity index (χ1v) is 7.79. The summed E-state index contributed by atoms with van der Waals surface area (Å²) in [6.45, 7) is 2.84. The maximum Gasteiger partial charge on any atom is 0.122 e. The van der Waals surface area contributed by atoms with Crippen LogP contribution in [-0.2, 0) is 4.74 Å². The second kappa shape index (κ2) is 5.81. The SMILES string of the molecule is CCOC1=CCC(C2C=CCCC2)C2=C1C=CCC2. The van der Waals surface area contributed by atoms with E-state index in [-0.39, 0.29) is 0 Å². The molecule has 0 saturated carbocycles. The molecule has 3 aliphatic rings. The molecule has 0 aromatic carbocycles. The molecule has 1 heteroatoms. The Morgan fingerprint density at radius 1 is 1.26 bits per heavy atom. The van der Waals surface area contributed by atoms with Gasteiger partial charge in [0.15, 0.2) is 0 Å². The first kappa shape index (κ1) is 12.8. The first-order valence-electron chi connectivity index (χ1n) is 7.79. The average molecular weight is 256 g/mol. The van der Waals surface area contributed by atoms with Crippen molar-refractivity contribution in [2.75, 3.05) is 6.61 Å². The molecule has 1 nitrogen and oxygen atoms in total. The van der Waals surface area contributed by atoms with Crippen LogP contribution >= 0.6 is 0 Å². The molecule has 2 unspecified atom stereocenters. The number of hydrogen-bond acceptors (Lipinski definition) is 1. The Labute approximate surface area is 116 Å². The third kappa shape index (κ3) is 2.56. The van der Waals surface area contributed by atoms with Crippen LogP contribution in [0.3, 0.4) is 0 Å². The zero-order chi connectivity index (χ0) is 13.1. The van der Waals surface area contributed by atoms with Crippen molar-refractivity contribution in [3.63, 3.8) is 0 Å². The van der Waals surface area contributed by atoms with E-state index in [4.69, 9.17) is 4.74 Å². The summed E-state index contributed by atoms with van der Waals surface area (Å²) in [4.78, 5) is 0. The van der Waals surface area contributed by atoms with E-state index in [0.29, 0.717) is 0 Å². The van der Waals surface area contributed by atoms with Gasteiger partial charge in [-0.05, 0) is 63.4 Å². The third-order valence-corrected chi connectivity index (χ3v) is 4.59. The van der Waals surface area contributed by atoms with Crippen LogP contribution in [0.2, 0.25) is 0 Å². The fourth-order valence-corrected chi connectivity index (χ4v) is 3.69. The van der Waals surface area contributed by atoms with Gasteiger partial charge in [0.2, 0.25) is 0 Å². The summed E-state index contributed by atoms with van der Waals surface area (Å²) < 4.78 is 5.82. The molecule has 0 aromatic rings. The van der Waals surface area contributed by atoms with Gasteiger partial charge in [0.05, 0.1) is 6.61 Å². The quantitative estimate of drug-likeness (QED) is 0.651. The van der Waals surface area contributed by atoms with E-state index in [2.05, 4.69) is 37.3 Å². The molecule has 0 aromatic heterocycles. The van der Waals surface area contributed by atoms with Gasteiger partial charge in [-0.2, -0.15) is 0 Å². The van der Waals surface area contributed by atoms with Crippen molar-refractivity contribution in [1.29, 1.82) is 0 Å². The molecule has 0 bridgehead atoms. The van der Waals surface area contributed by atoms with Crippen molar-refractivity contribution in [2.24, 2.45) is 11.8 Å². The molecule has 0 saturated heterocycles. The van der Waals surface area contributed by atoms with E-state index < -0.39 is 0 Å². The summed E-state index contributed by atoms with van der Waals surface area (Å²) in [5.74, 6) is 2.61. The lowest BCUT2D eigenvalue weighted by Crippen LogP contribution is -2.22. The van der Waals surface area contributed by atoms with Crippen molar-refractivity contribution in [2.45, 2.75) is 45.4 Å². The van der Waals surface area contributed by atoms with E-state index in [1.165, 1.54) is 37.7 Å². The van der Waals surface area contributed by atoms with Crippen molar-refractivity contribution >= 4 is 0 Å². The molecule has 0 amide bonds. The lowest BCUT2D eigenvalue weighted by Gasteiger charge is -2.34. The summed E-state index contributed by atoms with van der Waals surface area (Å²) in [7, 11) is 0. The van der Waals surface area contributed by atoms with Gasteiger partial charge in [0.1, 0.15) is 5.76 Å². The minimum Gasteiger partial charge on any atom is -0.494 e. The van der Waals surface area contributed by atoms with Gasteiger partial charge in [-0.3, -0.25) is 0 Å². The molecule has 102 valence electrons. The Morgan fingerprint density at radius 2 is 2.21 bits per heavy atom. The topological polar surface area (TPSA) is 9.23 Å². The number of hydrogen-bond donors (Lipinski definition) is 0. The maximum absolute atomic E-state index is 5.82. The summed E-state index contributed by atoms with van der Waals surface area (Å²) in [5, 5.41) is 0. The molecule has 0 aliphatic heterocycles. The molecule has 3 rings (SSSR count). The van der Waals surface area contributed by atoms with Crippen molar-refractivity contribution < 1.29 is 4.74 Å². The maximum atomic E-state index is 5.82. The van der Waals surface area contributed by atoms with Crippen LogP contribution in [0.15, 0.2) is 47.3 Å². The van der Waals surface area contributed by atoms with Crippen LogP contribution < -0.4 is 0 Å². The normalized spacial score (nSPS) is 30.1. The van der Waals surface area contributed by atoms with Crippen molar-refractivity contribution in [3.8, 4) is 0 Å². The van der Waals surface area contributed by atoms with Gasteiger partial charge in [-0.15, -0.1) is 0 Å². The second-order valence-corrected chi connectivity index (χ2v) is 5.75. The Balaban J connectivity index is 1.88. The molecule has 0 radical (unpaired) electrons. The number of allylic oxidation sites excluding steroid dienone is 6. The molecule has 0 heterocycles. The zero-order valence-corrected chi connectivity index (χ0v) is 11.9. The van der Waals surface area contributed by atoms with Gasteiger partial charge in [-0.25, -0.2) is 0 Å². The summed E-state index contributed by atoms with van der Waals surface area (Å²) in [5.41, 5.74) is 3.05. The Bertz CT molecular complexity index is 450. The smallest absolute Gasteiger partial charge is 0.122 e. The highest BCUT2D eigenvalue weighted by Crippen LogP contribution is 2.42.